The van der Waals surface area contributed by atoms with Gasteiger partial charge in [0.1, 0.15) is 10.4 Å². The van der Waals surface area contributed by atoms with E-state index in [2.05, 4.69) is 15.9 Å². The molecule has 1 aromatic rings. The first kappa shape index (κ1) is 19.4. The van der Waals surface area contributed by atoms with Crippen LogP contribution in [0.25, 0.3) is 0 Å². The van der Waals surface area contributed by atoms with Gasteiger partial charge in [-0.15, -0.1) is 0 Å². The third-order valence-corrected chi connectivity index (χ3v) is 5.19. The lowest BCUT2D eigenvalue weighted by molar-refractivity contribution is -0.154. The third-order valence-electron chi connectivity index (χ3n) is 4.33. The van der Waals surface area contributed by atoms with Crippen LogP contribution in [0.4, 0.5) is 0 Å². The van der Waals surface area contributed by atoms with Gasteiger partial charge in [0, 0.05) is 13.5 Å². The molecule has 4 nitrogen and oxygen atoms in total. The molecule has 0 spiro atoms. The number of carbonyl (C=O) groups excluding carboxylic acids is 1. The van der Waals surface area contributed by atoms with Gasteiger partial charge in [-0.2, -0.15) is 0 Å². The Hall–Kier alpha value is -0.910. The molecule has 24 heavy (non-hydrogen) atoms. The summed E-state index contributed by atoms with van der Waals surface area (Å²) in [6.45, 7) is 10.2. The highest BCUT2D eigenvalue weighted by Gasteiger charge is 2.36. The van der Waals surface area contributed by atoms with E-state index in [1.165, 1.54) is 0 Å². The monoisotopic (exact) mass is 398 g/mol. The molecule has 5 heteroatoms. The molecule has 1 heterocycles. The van der Waals surface area contributed by atoms with Gasteiger partial charge < -0.3 is 14.2 Å². The summed E-state index contributed by atoms with van der Waals surface area (Å²) in [6, 6.07) is 5.98. The van der Waals surface area contributed by atoms with Crippen molar-refractivity contribution in [3.8, 4) is 0 Å². The van der Waals surface area contributed by atoms with Gasteiger partial charge >= 0.3 is 5.97 Å². The van der Waals surface area contributed by atoms with Crippen LogP contribution in [0.2, 0.25) is 0 Å². The van der Waals surface area contributed by atoms with E-state index in [-0.39, 0.29) is 12.1 Å². The summed E-state index contributed by atoms with van der Waals surface area (Å²) in [5.74, 6) is -0.273. The van der Waals surface area contributed by atoms with Crippen LogP contribution in [-0.2, 0) is 32.0 Å². The normalized spacial score (nSPS) is 19.5. The molecule has 0 saturated carbocycles. The van der Waals surface area contributed by atoms with Crippen LogP contribution in [0.15, 0.2) is 18.2 Å². The first-order chi connectivity index (χ1) is 11.0. The quantitative estimate of drug-likeness (QED) is 0.559. The van der Waals surface area contributed by atoms with Crippen molar-refractivity contribution < 1.29 is 19.0 Å². The number of carbonyl (C=O) groups is 1. The van der Waals surface area contributed by atoms with Gasteiger partial charge in [0.05, 0.1) is 18.3 Å². The number of halogens is 1. The maximum absolute atomic E-state index is 12.5. The molecule has 134 valence electrons. The van der Waals surface area contributed by atoms with E-state index in [1.807, 2.05) is 52.8 Å². The minimum Gasteiger partial charge on any atom is -0.459 e. The minimum atomic E-state index is -0.512. The number of methoxy groups -OCH3 is 1. The maximum Gasteiger partial charge on any atom is 0.324 e. The summed E-state index contributed by atoms with van der Waals surface area (Å²) in [6.07, 6.45) is 0.645. The molecule has 1 aromatic carbocycles. The summed E-state index contributed by atoms with van der Waals surface area (Å²) in [7, 11) is 1.69. The zero-order valence-electron chi connectivity index (χ0n) is 15.3. The van der Waals surface area contributed by atoms with Crippen LogP contribution in [0.5, 0.6) is 0 Å². The predicted molar refractivity (Wildman–Crippen MR) is 97.3 cm³/mol. The third kappa shape index (κ3) is 4.38. The SMILES string of the molecule is COC(C)(C)C1Cc2c(cccc2C(Br)C(=O)OC(C)(C)C)CO1. The van der Waals surface area contributed by atoms with E-state index >= 15 is 0 Å². The second-order valence-corrected chi connectivity index (χ2v) is 8.61. The van der Waals surface area contributed by atoms with Gasteiger partial charge in [0.25, 0.3) is 0 Å². The molecule has 0 aromatic heterocycles. The minimum absolute atomic E-state index is 0.0607. The number of rotatable bonds is 4. The zero-order valence-corrected chi connectivity index (χ0v) is 16.9. The van der Waals surface area contributed by atoms with Crippen LogP contribution in [-0.4, -0.2) is 30.4 Å². The van der Waals surface area contributed by atoms with Crippen molar-refractivity contribution in [2.45, 2.75) is 69.8 Å². The van der Waals surface area contributed by atoms with Crippen molar-refractivity contribution in [3.63, 3.8) is 0 Å². The van der Waals surface area contributed by atoms with Gasteiger partial charge in [0.15, 0.2) is 0 Å². The molecule has 0 radical (unpaired) electrons. The number of alkyl halides is 1. The molecular weight excluding hydrogens is 372 g/mol. The molecule has 0 aliphatic carbocycles. The Bertz CT molecular complexity index is 604. The Morgan fingerprint density at radius 2 is 1.96 bits per heavy atom. The van der Waals surface area contributed by atoms with Crippen molar-refractivity contribution >= 4 is 21.9 Å². The summed E-state index contributed by atoms with van der Waals surface area (Å²) >= 11 is 3.52. The summed E-state index contributed by atoms with van der Waals surface area (Å²) in [5.41, 5.74) is 2.30. The highest BCUT2D eigenvalue weighted by molar-refractivity contribution is 9.09. The number of esters is 1. The first-order valence-electron chi connectivity index (χ1n) is 8.19. The van der Waals surface area contributed by atoms with Crippen LogP contribution in [0, 0.1) is 0 Å². The molecule has 0 fully saturated rings. The lowest BCUT2D eigenvalue weighted by Gasteiger charge is -2.37. The fraction of sp³-hybridized carbons (Fsp3) is 0.632. The molecular formula is C19H27BrO4. The maximum atomic E-state index is 12.5. The molecule has 2 unspecified atom stereocenters. The Balaban J connectivity index is 2.30. The van der Waals surface area contributed by atoms with E-state index < -0.39 is 16.0 Å². The van der Waals surface area contributed by atoms with E-state index in [0.29, 0.717) is 13.0 Å². The van der Waals surface area contributed by atoms with E-state index in [4.69, 9.17) is 14.2 Å². The van der Waals surface area contributed by atoms with Crippen molar-refractivity contribution in [1.82, 2.24) is 0 Å². The fourth-order valence-corrected chi connectivity index (χ4v) is 3.29. The van der Waals surface area contributed by atoms with Gasteiger partial charge in [-0.05, 0) is 51.3 Å². The number of benzene rings is 1. The highest BCUT2D eigenvalue weighted by Crippen LogP contribution is 2.36. The molecule has 1 aliphatic rings. The molecule has 1 aliphatic heterocycles. The van der Waals surface area contributed by atoms with Crippen molar-refractivity contribution in [3.05, 3.63) is 34.9 Å². The molecule has 2 rings (SSSR count). The lowest BCUT2D eigenvalue weighted by atomic mass is 9.87. The smallest absolute Gasteiger partial charge is 0.324 e. The first-order valence-corrected chi connectivity index (χ1v) is 9.11. The number of ether oxygens (including phenoxy) is 3. The topological polar surface area (TPSA) is 44.8 Å². The molecule has 0 saturated heterocycles. The average Bonchev–Trinajstić information content (AvgIpc) is 2.51. The van der Waals surface area contributed by atoms with Crippen LogP contribution in [0.1, 0.15) is 56.1 Å². The highest BCUT2D eigenvalue weighted by atomic mass is 79.9. The summed E-state index contributed by atoms with van der Waals surface area (Å²) < 4.78 is 17.1. The molecule has 0 N–H and O–H groups in total. The van der Waals surface area contributed by atoms with Gasteiger partial charge in [0.2, 0.25) is 0 Å². The van der Waals surface area contributed by atoms with Gasteiger partial charge in [-0.25, -0.2) is 0 Å². The van der Waals surface area contributed by atoms with Crippen molar-refractivity contribution in [2.75, 3.05) is 7.11 Å². The second-order valence-electron chi connectivity index (χ2n) is 7.69. The fourth-order valence-electron chi connectivity index (χ4n) is 2.77. The average molecular weight is 399 g/mol. The molecule has 0 amide bonds. The van der Waals surface area contributed by atoms with Gasteiger partial charge in [-0.3, -0.25) is 4.79 Å². The molecule has 2 atom stereocenters. The summed E-state index contributed by atoms with van der Waals surface area (Å²) in [5, 5.41) is 0. The number of hydrogen-bond donors (Lipinski definition) is 0. The van der Waals surface area contributed by atoms with Crippen molar-refractivity contribution in [2.24, 2.45) is 0 Å². The Morgan fingerprint density at radius 3 is 2.54 bits per heavy atom. The Kier molecular flexibility index (Phi) is 5.78. The van der Waals surface area contributed by atoms with Crippen LogP contribution >= 0.6 is 15.9 Å². The lowest BCUT2D eigenvalue weighted by Crippen LogP contribution is -2.43. The standard InChI is InChI=1S/C19H27BrO4/c1-18(2,3)24-17(21)16(20)13-9-7-8-12-11-23-15(10-14(12)13)19(4,5)22-6/h7-9,15-16H,10-11H2,1-6H3. The van der Waals surface area contributed by atoms with E-state index in [0.717, 1.165) is 16.7 Å². The second kappa shape index (κ2) is 7.14. The largest absolute Gasteiger partial charge is 0.459 e. The van der Waals surface area contributed by atoms with Gasteiger partial charge in [-0.1, -0.05) is 34.1 Å². The number of hydrogen-bond acceptors (Lipinski definition) is 4. The zero-order chi connectivity index (χ0) is 18.1. The Morgan fingerprint density at radius 1 is 1.29 bits per heavy atom. The van der Waals surface area contributed by atoms with E-state index in [1.54, 1.807) is 7.11 Å². The van der Waals surface area contributed by atoms with Crippen LogP contribution in [0.3, 0.4) is 0 Å². The summed E-state index contributed by atoms with van der Waals surface area (Å²) in [4.78, 5) is 12.0. The number of fused-ring (bicyclic) bond motifs is 1. The van der Waals surface area contributed by atoms with E-state index in [9.17, 15) is 4.79 Å². The molecule has 0 bridgehead atoms. The predicted octanol–water partition coefficient (Wildman–Crippen LogP) is 4.33. The van der Waals surface area contributed by atoms with Crippen molar-refractivity contribution in [1.29, 1.82) is 0 Å². The van der Waals surface area contributed by atoms with Crippen LogP contribution < -0.4 is 0 Å². The Labute approximate surface area is 153 Å².